The number of esters is 1. The van der Waals surface area contributed by atoms with Crippen LogP contribution in [0.4, 0.5) is 0 Å². The summed E-state index contributed by atoms with van der Waals surface area (Å²) < 4.78 is 9.86. The largest absolute Gasteiger partial charge is 0.466 e. The summed E-state index contributed by atoms with van der Waals surface area (Å²) in [7, 11) is 3.64. The fraction of sp³-hybridized carbons (Fsp3) is 0.900. The van der Waals surface area contributed by atoms with E-state index in [1.54, 1.807) is 7.11 Å². The monoisotopic (exact) mass is 203 g/mol. The molecular weight excluding hydrogens is 182 g/mol. The molecule has 14 heavy (non-hydrogen) atoms. The summed E-state index contributed by atoms with van der Waals surface area (Å²) in [5.74, 6) is -0.200. The molecule has 0 N–H and O–H groups in total. The maximum atomic E-state index is 11.3. The predicted molar refractivity (Wildman–Crippen MR) is 55.2 cm³/mol. The average Bonchev–Trinajstić information content (AvgIpc) is 2.15. The smallest absolute Gasteiger partial charge is 0.309 e. The lowest BCUT2D eigenvalue weighted by atomic mass is 10.2. The Morgan fingerprint density at radius 3 is 2.64 bits per heavy atom. The van der Waals surface area contributed by atoms with Gasteiger partial charge in [0.1, 0.15) is 0 Å². The number of hydrogen-bond donors (Lipinski definition) is 0. The molecule has 0 aromatic rings. The molecule has 0 heterocycles. The molecule has 0 bridgehead atoms. The fourth-order valence-electron chi connectivity index (χ4n) is 1.16. The van der Waals surface area contributed by atoms with Gasteiger partial charge in [-0.25, -0.2) is 0 Å². The molecule has 0 fully saturated rings. The standard InChI is InChI=1S/C10H21NO3/c1-5-14-10(12)9(2)8-11(3)6-7-13-4/h9H,5-8H2,1-4H3. The fourth-order valence-corrected chi connectivity index (χ4v) is 1.16. The third-order valence-electron chi connectivity index (χ3n) is 1.95. The number of carbonyl (C=O) groups excluding carboxylic acids is 1. The minimum absolute atomic E-state index is 0.0724. The van der Waals surface area contributed by atoms with E-state index in [1.807, 2.05) is 20.9 Å². The SMILES string of the molecule is CCOC(=O)C(C)CN(C)CCOC. The summed E-state index contributed by atoms with van der Waals surface area (Å²) >= 11 is 0. The van der Waals surface area contributed by atoms with Crippen LogP contribution in [0.2, 0.25) is 0 Å². The molecule has 1 atom stereocenters. The highest BCUT2D eigenvalue weighted by Gasteiger charge is 2.15. The molecule has 4 nitrogen and oxygen atoms in total. The first-order chi connectivity index (χ1) is 6.61. The molecule has 4 heteroatoms. The Labute approximate surface area is 86.2 Å². The van der Waals surface area contributed by atoms with Crippen molar-refractivity contribution in [3.8, 4) is 0 Å². The van der Waals surface area contributed by atoms with Gasteiger partial charge < -0.3 is 14.4 Å². The van der Waals surface area contributed by atoms with Crippen LogP contribution in [0.25, 0.3) is 0 Å². The highest BCUT2D eigenvalue weighted by Crippen LogP contribution is 2.00. The Morgan fingerprint density at radius 1 is 1.50 bits per heavy atom. The zero-order valence-corrected chi connectivity index (χ0v) is 9.58. The molecular formula is C10H21NO3. The molecule has 0 aliphatic heterocycles. The van der Waals surface area contributed by atoms with Crippen molar-refractivity contribution >= 4 is 5.97 Å². The Kier molecular flexibility index (Phi) is 7.42. The van der Waals surface area contributed by atoms with Gasteiger partial charge in [-0.3, -0.25) is 4.79 Å². The number of likely N-dealkylation sites (N-methyl/N-ethyl adjacent to an activating group) is 1. The number of carbonyl (C=O) groups is 1. The Bertz CT molecular complexity index is 161. The third-order valence-corrected chi connectivity index (χ3v) is 1.95. The summed E-state index contributed by atoms with van der Waals surface area (Å²) in [6, 6.07) is 0. The van der Waals surface area contributed by atoms with E-state index in [4.69, 9.17) is 9.47 Å². The number of hydrogen-bond acceptors (Lipinski definition) is 4. The van der Waals surface area contributed by atoms with Crippen LogP contribution in [-0.4, -0.2) is 51.3 Å². The quantitative estimate of drug-likeness (QED) is 0.573. The lowest BCUT2D eigenvalue weighted by Gasteiger charge is -2.19. The molecule has 0 aliphatic rings. The lowest BCUT2D eigenvalue weighted by molar-refractivity contribution is -0.147. The van der Waals surface area contributed by atoms with E-state index in [1.165, 1.54) is 0 Å². The molecule has 0 aliphatic carbocycles. The number of nitrogens with zero attached hydrogens (tertiary/aromatic N) is 1. The van der Waals surface area contributed by atoms with E-state index in [0.29, 0.717) is 19.8 Å². The minimum atomic E-state index is -0.128. The van der Waals surface area contributed by atoms with Gasteiger partial charge in [0.2, 0.25) is 0 Å². The Morgan fingerprint density at radius 2 is 2.14 bits per heavy atom. The van der Waals surface area contributed by atoms with Crippen LogP contribution in [-0.2, 0) is 14.3 Å². The summed E-state index contributed by atoms with van der Waals surface area (Å²) in [5.41, 5.74) is 0. The average molecular weight is 203 g/mol. The van der Waals surface area contributed by atoms with Crippen molar-refractivity contribution in [1.82, 2.24) is 4.90 Å². The van der Waals surface area contributed by atoms with Crippen molar-refractivity contribution in [1.29, 1.82) is 0 Å². The van der Waals surface area contributed by atoms with Crippen molar-refractivity contribution in [3.63, 3.8) is 0 Å². The van der Waals surface area contributed by atoms with E-state index in [2.05, 4.69) is 4.90 Å². The number of rotatable bonds is 7. The molecule has 0 saturated carbocycles. The predicted octanol–water partition coefficient (Wildman–Crippen LogP) is 0.764. The van der Waals surface area contributed by atoms with Crippen molar-refractivity contribution < 1.29 is 14.3 Å². The first-order valence-corrected chi connectivity index (χ1v) is 4.95. The van der Waals surface area contributed by atoms with Crippen LogP contribution in [0.3, 0.4) is 0 Å². The molecule has 0 rings (SSSR count). The molecule has 84 valence electrons. The maximum Gasteiger partial charge on any atom is 0.309 e. The van der Waals surface area contributed by atoms with Crippen molar-refractivity contribution in [2.24, 2.45) is 5.92 Å². The highest BCUT2D eigenvalue weighted by molar-refractivity contribution is 5.72. The zero-order valence-electron chi connectivity index (χ0n) is 9.58. The van der Waals surface area contributed by atoms with Gasteiger partial charge in [-0.05, 0) is 14.0 Å². The second-order valence-corrected chi connectivity index (χ2v) is 3.41. The Balaban J connectivity index is 3.68. The minimum Gasteiger partial charge on any atom is -0.466 e. The van der Waals surface area contributed by atoms with Gasteiger partial charge in [0, 0.05) is 20.2 Å². The van der Waals surface area contributed by atoms with Crippen LogP contribution in [0.1, 0.15) is 13.8 Å². The van der Waals surface area contributed by atoms with Crippen molar-refractivity contribution in [2.75, 3.05) is 40.5 Å². The van der Waals surface area contributed by atoms with Crippen LogP contribution in [0.15, 0.2) is 0 Å². The van der Waals surface area contributed by atoms with Crippen LogP contribution in [0, 0.1) is 5.92 Å². The lowest BCUT2D eigenvalue weighted by Crippen LogP contribution is -2.32. The van der Waals surface area contributed by atoms with E-state index in [-0.39, 0.29) is 11.9 Å². The zero-order chi connectivity index (χ0) is 11.0. The summed E-state index contributed by atoms with van der Waals surface area (Å²) in [5, 5.41) is 0. The van der Waals surface area contributed by atoms with Gasteiger partial charge in [0.05, 0.1) is 19.1 Å². The third kappa shape index (κ3) is 5.94. The van der Waals surface area contributed by atoms with Gasteiger partial charge >= 0.3 is 5.97 Å². The summed E-state index contributed by atoms with van der Waals surface area (Å²) in [6.45, 7) is 6.37. The van der Waals surface area contributed by atoms with Crippen LogP contribution >= 0.6 is 0 Å². The van der Waals surface area contributed by atoms with E-state index in [9.17, 15) is 4.79 Å². The van der Waals surface area contributed by atoms with Gasteiger partial charge in [-0.15, -0.1) is 0 Å². The van der Waals surface area contributed by atoms with Gasteiger partial charge in [-0.2, -0.15) is 0 Å². The maximum absolute atomic E-state index is 11.3. The molecule has 1 unspecified atom stereocenters. The molecule has 0 spiro atoms. The second kappa shape index (κ2) is 7.76. The van der Waals surface area contributed by atoms with Crippen molar-refractivity contribution in [2.45, 2.75) is 13.8 Å². The topological polar surface area (TPSA) is 38.8 Å². The molecule has 0 radical (unpaired) electrons. The van der Waals surface area contributed by atoms with E-state index in [0.717, 1.165) is 6.54 Å². The van der Waals surface area contributed by atoms with Gasteiger partial charge in [0.15, 0.2) is 0 Å². The van der Waals surface area contributed by atoms with Gasteiger partial charge in [0.25, 0.3) is 0 Å². The first-order valence-electron chi connectivity index (χ1n) is 4.95. The first kappa shape index (κ1) is 13.4. The van der Waals surface area contributed by atoms with Gasteiger partial charge in [-0.1, -0.05) is 6.92 Å². The Hall–Kier alpha value is -0.610. The van der Waals surface area contributed by atoms with Crippen molar-refractivity contribution in [3.05, 3.63) is 0 Å². The number of ether oxygens (including phenoxy) is 2. The molecule has 0 amide bonds. The summed E-state index contributed by atoms with van der Waals surface area (Å²) in [6.07, 6.45) is 0. The van der Waals surface area contributed by atoms with E-state index >= 15 is 0 Å². The van der Waals surface area contributed by atoms with Crippen LogP contribution < -0.4 is 0 Å². The molecule has 0 aromatic heterocycles. The number of methoxy groups -OCH3 is 1. The second-order valence-electron chi connectivity index (χ2n) is 3.41. The molecule has 0 saturated heterocycles. The van der Waals surface area contributed by atoms with E-state index < -0.39 is 0 Å². The summed E-state index contributed by atoms with van der Waals surface area (Å²) in [4.78, 5) is 13.3. The van der Waals surface area contributed by atoms with Crippen LogP contribution in [0.5, 0.6) is 0 Å². The molecule has 0 aromatic carbocycles. The highest BCUT2D eigenvalue weighted by atomic mass is 16.5. The normalized spacial score (nSPS) is 12.9.